The lowest BCUT2D eigenvalue weighted by Crippen LogP contribution is -2.05. The van der Waals surface area contributed by atoms with E-state index in [1.54, 1.807) is 30.5 Å². The Bertz CT molecular complexity index is 1030. The lowest BCUT2D eigenvalue weighted by Gasteiger charge is -2.05. The molecular formula is C20H19FN4O3S. The van der Waals surface area contributed by atoms with E-state index in [9.17, 15) is 14.3 Å². The number of hydrogen-bond donors (Lipinski definition) is 3. The van der Waals surface area contributed by atoms with E-state index in [0.717, 1.165) is 5.56 Å². The van der Waals surface area contributed by atoms with Gasteiger partial charge in [0, 0.05) is 12.5 Å². The molecule has 3 rings (SSSR count). The molecular weight excluding hydrogens is 395 g/mol. The zero-order valence-electron chi connectivity index (χ0n) is 15.8. The Morgan fingerprint density at radius 1 is 1.31 bits per heavy atom. The maximum Gasteiger partial charge on any atom is 0.221 e. The fraction of sp³-hybridized carbons (Fsp3) is 0.150. The molecule has 0 aliphatic carbocycles. The van der Waals surface area contributed by atoms with Crippen molar-refractivity contribution in [1.29, 1.82) is 0 Å². The predicted molar refractivity (Wildman–Crippen MR) is 112 cm³/mol. The number of rotatable bonds is 7. The van der Waals surface area contributed by atoms with Gasteiger partial charge in [0.2, 0.25) is 11.0 Å². The maximum absolute atomic E-state index is 13.2. The molecule has 0 bridgehead atoms. The Hall–Kier alpha value is -3.46. The van der Waals surface area contributed by atoms with Crippen molar-refractivity contribution < 1.29 is 19.0 Å². The predicted octanol–water partition coefficient (Wildman–Crippen LogP) is 4.46. The molecule has 1 aromatic heterocycles. The molecule has 0 atom stereocenters. The maximum atomic E-state index is 13.2. The van der Waals surface area contributed by atoms with Crippen molar-refractivity contribution in [1.82, 2.24) is 4.98 Å². The first-order valence-corrected chi connectivity index (χ1v) is 9.57. The van der Waals surface area contributed by atoms with Gasteiger partial charge in [-0.15, -0.1) is 0 Å². The summed E-state index contributed by atoms with van der Waals surface area (Å²) in [5, 5.41) is 17.6. The van der Waals surface area contributed by atoms with Crippen LogP contribution in [0.25, 0.3) is 11.3 Å². The molecule has 1 heterocycles. The number of phenols is 1. The Kier molecular flexibility index (Phi) is 6.40. The van der Waals surface area contributed by atoms with Gasteiger partial charge in [-0.3, -0.25) is 10.2 Å². The summed E-state index contributed by atoms with van der Waals surface area (Å²) in [6.07, 6.45) is 1.55. The molecule has 0 spiro atoms. The van der Waals surface area contributed by atoms with Crippen molar-refractivity contribution in [3.05, 3.63) is 53.8 Å². The highest BCUT2D eigenvalue weighted by atomic mass is 32.1. The Labute approximate surface area is 170 Å². The van der Waals surface area contributed by atoms with E-state index < -0.39 is 0 Å². The van der Waals surface area contributed by atoms with E-state index >= 15 is 0 Å². The number of halogens is 1. The number of nitrogens with zero attached hydrogens (tertiary/aromatic N) is 2. The van der Waals surface area contributed by atoms with E-state index in [1.807, 2.05) is 6.92 Å². The number of amides is 1. The fourth-order valence-corrected chi connectivity index (χ4v) is 3.34. The van der Waals surface area contributed by atoms with Gasteiger partial charge in [-0.25, -0.2) is 9.37 Å². The number of nitrogens with one attached hydrogen (secondary N) is 2. The molecule has 3 N–H and O–H groups in total. The Morgan fingerprint density at radius 3 is 2.76 bits per heavy atom. The minimum Gasteiger partial charge on any atom is -0.504 e. The average molecular weight is 414 g/mol. The summed E-state index contributed by atoms with van der Waals surface area (Å²) in [5.74, 6) is -0.161. The van der Waals surface area contributed by atoms with Gasteiger partial charge in [0.05, 0.1) is 12.8 Å². The minimum atomic E-state index is -0.353. The molecule has 2 aromatic carbocycles. The molecule has 1 amide bonds. The van der Waals surface area contributed by atoms with Crippen LogP contribution in [0, 0.1) is 5.82 Å². The third-order valence-electron chi connectivity index (χ3n) is 3.69. The molecule has 0 saturated heterocycles. The molecule has 3 aromatic rings. The normalized spacial score (nSPS) is 10.9. The molecule has 0 aliphatic rings. The van der Waals surface area contributed by atoms with Crippen molar-refractivity contribution in [2.75, 3.05) is 17.3 Å². The van der Waals surface area contributed by atoms with E-state index in [-0.39, 0.29) is 17.5 Å². The minimum absolute atomic E-state index is 0.0563. The van der Waals surface area contributed by atoms with Gasteiger partial charge >= 0.3 is 0 Å². The molecule has 0 fully saturated rings. The van der Waals surface area contributed by atoms with E-state index in [4.69, 9.17) is 4.74 Å². The number of carbonyl (C=O) groups is 1. The molecule has 0 saturated carbocycles. The lowest BCUT2D eigenvalue weighted by atomic mass is 10.1. The van der Waals surface area contributed by atoms with E-state index in [0.29, 0.717) is 33.7 Å². The van der Waals surface area contributed by atoms with Gasteiger partial charge < -0.3 is 15.2 Å². The molecule has 9 heteroatoms. The van der Waals surface area contributed by atoms with Gasteiger partial charge in [0.1, 0.15) is 16.5 Å². The molecule has 29 heavy (non-hydrogen) atoms. The topological polar surface area (TPSA) is 95.8 Å². The summed E-state index contributed by atoms with van der Waals surface area (Å²) < 4.78 is 18.6. The summed E-state index contributed by atoms with van der Waals surface area (Å²) in [7, 11) is 0. The quantitative estimate of drug-likeness (QED) is 0.392. The molecule has 0 radical (unpaired) electrons. The van der Waals surface area contributed by atoms with Crippen molar-refractivity contribution >= 4 is 33.6 Å². The summed E-state index contributed by atoms with van der Waals surface area (Å²) >= 11 is 1.21. The number of carbonyl (C=O) groups excluding carboxylic acids is 1. The molecule has 7 nitrogen and oxygen atoms in total. The zero-order valence-corrected chi connectivity index (χ0v) is 16.6. The number of hydrogen-bond acceptors (Lipinski definition) is 7. The van der Waals surface area contributed by atoms with Gasteiger partial charge in [-0.2, -0.15) is 5.10 Å². The third-order valence-corrected chi connectivity index (χ3v) is 4.57. The highest BCUT2D eigenvalue weighted by molar-refractivity contribution is 7.20. The van der Waals surface area contributed by atoms with Crippen molar-refractivity contribution in [3.63, 3.8) is 0 Å². The van der Waals surface area contributed by atoms with Crippen LogP contribution in [0.5, 0.6) is 11.5 Å². The van der Waals surface area contributed by atoms with Crippen LogP contribution in [0.4, 0.5) is 14.5 Å². The standard InChI is InChI=1S/C20H19FN4O3S/c1-3-28-17-10-13(4-9-16(17)27)11-22-25-20-24-18(19(29-20)23-12(2)26)14-5-7-15(21)8-6-14/h4-11,27H,3H2,1-2H3,(H,23,26)(H,24,25)/b22-11+. The van der Waals surface area contributed by atoms with Gasteiger partial charge in [-0.1, -0.05) is 11.3 Å². The number of aromatic nitrogens is 1. The first kappa shape index (κ1) is 20.3. The van der Waals surface area contributed by atoms with Gasteiger partial charge in [-0.05, 0) is 55.0 Å². The highest BCUT2D eigenvalue weighted by Gasteiger charge is 2.14. The van der Waals surface area contributed by atoms with Crippen LogP contribution in [0.2, 0.25) is 0 Å². The van der Waals surface area contributed by atoms with Crippen molar-refractivity contribution in [3.8, 4) is 22.8 Å². The molecule has 0 unspecified atom stereocenters. The zero-order chi connectivity index (χ0) is 20.8. The highest BCUT2D eigenvalue weighted by Crippen LogP contribution is 2.36. The van der Waals surface area contributed by atoms with Crippen LogP contribution in [0.15, 0.2) is 47.6 Å². The van der Waals surface area contributed by atoms with Crippen LogP contribution in [-0.2, 0) is 4.79 Å². The second-order valence-corrected chi connectivity index (χ2v) is 6.91. The van der Waals surface area contributed by atoms with Crippen LogP contribution < -0.4 is 15.5 Å². The number of phenolic OH excluding ortho intramolecular Hbond substituents is 1. The number of aromatic hydroxyl groups is 1. The number of ether oxygens (including phenoxy) is 1. The van der Waals surface area contributed by atoms with E-state index in [2.05, 4.69) is 20.8 Å². The summed E-state index contributed by atoms with van der Waals surface area (Å²) in [6.45, 7) is 3.67. The summed E-state index contributed by atoms with van der Waals surface area (Å²) in [6, 6.07) is 10.7. The Balaban J connectivity index is 1.80. The fourth-order valence-electron chi connectivity index (χ4n) is 2.46. The van der Waals surface area contributed by atoms with Crippen LogP contribution in [0.1, 0.15) is 19.4 Å². The monoisotopic (exact) mass is 414 g/mol. The number of anilines is 2. The summed E-state index contributed by atoms with van der Waals surface area (Å²) in [5.41, 5.74) is 4.73. The summed E-state index contributed by atoms with van der Waals surface area (Å²) in [4.78, 5) is 15.9. The van der Waals surface area contributed by atoms with Crippen molar-refractivity contribution in [2.24, 2.45) is 5.10 Å². The number of hydrazone groups is 1. The second kappa shape index (κ2) is 9.16. The molecule has 150 valence electrons. The largest absolute Gasteiger partial charge is 0.504 e. The molecule has 0 aliphatic heterocycles. The van der Waals surface area contributed by atoms with Gasteiger partial charge in [0.25, 0.3) is 0 Å². The van der Waals surface area contributed by atoms with E-state index in [1.165, 1.54) is 36.5 Å². The first-order chi connectivity index (χ1) is 14.0. The van der Waals surface area contributed by atoms with Crippen LogP contribution in [0.3, 0.4) is 0 Å². The SMILES string of the molecule is CCOc1cc(/C=N/Nc2nc(-c3ccc(F)cc3)c(NC(C)=O)s2)ccc1O. The first-order valence-electron chi connectivity index (χ1n) is 8.75. The van der Waals surface area contributed by atoms with Crippen LogP contribution >= 0.6 is 11.3 Å². The lowest BCUT2D eigenvalue weighted by molar-refractivity contribution is -0.114. The van der Waals surface area contributed by atoms with Crippen molar-refractivity contribution in [2.45, 2.75) is 13.8 Å². The van der Waals surface area contributed by atoms with Crippen LogP contribution in [-0.4, -0.2) is 28.8 Å². The third kappa shape index (κ3) is 5.29. The Morgan fingerprint density at radius 2 is 2.07 bits per heavy atom. The average Bonchev–Trinajstić information content (AvgIpc) is 3.07. The smallest absolute Gasteiger partial charge is 0.221 e. The van der Waals surface area contributed by atoms with Gasteiger partial charge in [0.15, 0.2) is 11.5 Å². The number of benzene rings is 2. The number of thiazole rings is 1. The second-order valence-electron chi connectivity index (χ2n) is 5.92.